The highest BCUT2D eigenvalue weighted by atomic mass is 16.5. The number of carbonyl (C=O) groups excluding carboxylic acids is 1. The van der Waals surface area contributed by atoms with E-state index in [1.165, 1.54) is 20.0 Å². The highest BCUT2D eigenvalue weighted by Gasteiger charge is 2.08. The zero-order chi connectivity index (χ0) is 11.0. The van der Waals surface area contributed by atoms with Crippen molar-refractivity contribution in [3.05, 3.63) is 0 Å². The van der Waals surface area contributed by atoms with Gasteiger partial charge in [-0.1, -0.05) is 13.3 Å². The van der Waals surface area contributed by atoms with E-state index in [-0.39, 0.29) is 5.97 Å². The summed E-state index contributed by atoms with van der Waals surface area (Å²) in [5, 5.41) is 0. The van der Waals surface area contributed by atoms with Crippen LogP contribution >= 0.6 is 0 Å². The normalized spacial score (nSPS) is 12.9. The van der Waals surface area contributed by atoms with Crippen LogP contribution in [0.25, 0.3) is 0 Å². The molecule has 0 aromatic rings. The van der Waals surface area contributed by atoms with E-state index in [0.717, 1.165) is 13.0 Å². The van der Waals surface area contributed by atoms with Gasteiger partial charge in [0.1, 0.15) is 0 Å². The van der Waals surface area contributed by atoms with Crippen molar-refractivity contribution in [3.8, 4) is 0 Å². The summed E-state index contributed by atoms with van der Waals surface area (Å²) in [5.74, 6) is -0.110. The fourth-order valence-electron chi connectivity index (χ4n) is 1.43. The van der Waals surface area contributed by atoms with Gasteiger partial charge in [-0.2, -0.15) is 0 Å². The molecule has 0 radical (unpaired) electrons. The monoisotopic (exact) mass is 201 g/mol. The van der Waals surface area contributed by atoms with Crippen LogP contribution in [-0.4, -0.2) is 37.6 Å². The SMILES string of the molecule is CCCC(C)N(C)CCCC(=O)OC. The number of nitrogens with zero attached hydrogens (tertiary/aromatic N) is 1. The largest absolute Gasteiger partial charge is 0.469 e. The third kappa shape index (κ3) is 5.97. The predicted molar refractivity (Wildman–Crippen MR) is 58.3 cm³/mol. The Hall–Kier alpha value is -0.570. The molecule has 84 valence electrons. The molecule has 0 saturated carbocycles. The maximum Gasteiger partial charge on any atom is 0.305 e. The minimum absolute atomic E-state index is 0.110. The Morgan fingerprint density at radius 2 is 2.14 bits per heavy atom. The Balaban J connectivity index is 3.52. The molecule has 0 saturated heterocycles. The summed E-state index contributed by atoms with van der Waals surface area (Å²) in [7, 11) is 3.55. The molecule has 3 heteroatoms. The quantitative estimate of drug-likeness (QED) is 0.590. The molecular weight excluding hydrogens is 178 g/mol. The smallest absolute Gasteiger partial charge is 0.305 e. The van der Waals surface area contributed by atoms with Crippen molar-refractivity contribution in [2.75, 3.05) is 20.7 Å². The lowest BCUT2D eigenvalue weighted by molar-refractivity contribution is -0.140. The molecule has 0 aromatic carbocycles. The van der Waals surface area contributed by atoms with E-state index in [1.54, 1.807) is 0 Å². The molecule has 1 atom stereocenters. The minimum Gasteiger partial charge on any atom is -0.469 e. The average molecular weight is 201 g/mol. The van der Waals surface area contributed by atoms with Crippen LogP contribution in [0.15, 0.2) is 0 Å². The van der Waals surface area contributed by atoms with E-state index in [4.69, 9.17) is 0 Å². The van der Waals surface area contributed by atoms with Gasteiger partial charge >= 0.3 is 5.97 Å². The molecule has 0 fully saturated rings. The number of hydrogen-bond donors (Lipinski definition) is 0. The fourth-order valence-corrected chi connectivity index (χ4v) is 1.43. The number of hydrogen-bond acceptors (Lipinski definition) is 3. The first-order chi connectivity index (χ1) is 6.61. The van der Waals surface area contributed by atoms with Crippen LogP contribution in [0, 0.1) is 0 Å². The van der Waals surface area contributed by atoms with Crippen molar-refractivity contribution in [2.45, 2.75) is 45.6 Å². The van der Waals surface area contributed by atoms with E-state index < -0.39 is 0 Å². The first kappa shape index (κ1) is 13.4. The van der Waals surface area contributed by atoms with Crippen molar-refractivity contribution in [1.82, 2.24) is 4.90 Å². The summed E-state index contributed by atoms with van der Waals surface area (Å²) in [6, 6.07) is 0.609. The van der Waals surface area contributed by atoms with Gasteiger partial charge in [-0.25, -0.2) is 0 Å². The lowest BCUT2D eigenvalue weighted by atomic mass is 10.1. The molecule has 0 aromatic heterocycles. The lowest BCUT2D eigenvalue weighted by Gasteiger charge is -2.23. The van der Waals surface area contributed by atoms with Crippen LogP contribution in [-0.2, 0) is 9.53 Å². The van der Waals surface area contributed by atoms with Crippen molar-refractivity contribution >= 4 is 5.97 Å². The number of methoxy groups -OCH3 is 1. The van der Waals surface area contributed by atoms with E-state index in [0.29, 0.717) is 12.5 Å². The fraction of sp³-hybridized carbons (Fsp3) is 0.909. The lowest BCUT2D eigenvalue weighted by Crippen LogP contribution is -2.30. The minimum atomic E-state index is -0.110. The molecule has 0 spiro atoms. The number of rotatable bonds is 7. The Kier molecular flexibility index (Phi) is 7.48. The van der Waals surface area contributed by atoms with Gasteiger partial charge in [0, 0.05) is 12.5 Å². The first-order valence-corrected chi connectivity index (χ1v) is 5.38. The molecule has 14 heavy (non-hydrogen) atoms. The number of carbonyl (C=O) groups is 1. The van der Waals surface area contributed by atoms with Gasteiger partial charge in [0.2, 0.25) is 0 Å². The molecule has 0 rings (SSSR count). The summed E-state index contributed by atoms with van der Waals surface area (Å²) < 4.78 is 4.58. The standard InChI is InChI=1S/C11H23NO2/c1-5-7-10(2)12(3)9-6-8-11(13)14-4/h10H,5-9H2,1-4H3. The highest BCUT2D eigenvalue weighted by Crippen LogP contribution is 2.05. The van der Waals surface area contributed by atoms with Gasteiger partial charge in [-0.05, 0) is 33.4 Å². The summed E-state index contributed by atoms with van der Waals surface area (Å²) in [6.45, 7) is 5.39. The van der Waals surface area contributed by atoms with Gasteiger partial charge in [0.05, 0.1) is 7.11 Å². The van der Waals surface area contributed by atoms with Gasteiger partial charge in [0.15, 0.2) is 0 Å². The Labute approximate surface area is 87.4 Å². The van der Waals surface area contributed by atoms with Crippen LogP contribution in [0.2, 0.25) is 0 Å². The average Bonchev–Trinajstić information content (AvgIpc) is 2.17. The van der Waals surface area contributed by atoms with Crippen molar-refractivity contribution in [2.24, 2.45) is 0 Å². The second-order valence-electron chi connectivity index (χ2n) is 3.80. The topological polar surface area (TPSA) is 29.5 Å². The van der Waals surface area contributed by atoms with Gasteiger partial charge in [0.25, 0.3) is 0 Å². The predicted octanol–water partition coefficient (Wildman–Crippen LogP) is 2.06. The summed E-state index contributed by atoms with van der Waals surface area (Å²) >= 11 is 0. The van der Waals surface area contributed by atoms with Crippen LogP contribution in [0.1, 0.15) is 39.5 Å². The third-order valence-electron chi connectivity index (χ3n) is 2.58. The molecule has 3 nitrogen and oxygen atoms in total. The van der Waals surface area contributed by atoms with E-state index >= 15 is 0 Å². The molecular formula is C11H23NO2. The molecule has 0 heterocycles. The van der Waals surface area contributed by atoms with Gasteiger partial charge < -0.3 is 9.64 Å². The highest BCUT2D eigenvalue weighted by molar-refractivity contribution is 5.69. The van der Waals surface area contributed by atoms with Crippen molar-refractivity contribution in [3.63, 3.8) is 0 Å². The van der Waals surface area contributed by atoms with Crippen molar-refractivity contribution in [1.29, 1.82) is 0 Å². The summed E-state index contributed by atoms with van der Waals surface area (Å²) in [4.78, 5) is 13.1. The summed E-state index contributed by atoms with van der Waals surface area (Å²) in [6.07, 6.45) is 3.84. The Morgan fingerprint density at radius 1 is 1.50 bits per heavy atom. The van der Waals surface area contributed by atoms with E-state index in [1.807, 2.05) is 0 Å². The van der Waals surface area contributed by atoms with Crippen LogP contribution in [0.5, 0.6) is 0 Å². The van der Waals surface area contributed by atoms with E-state index in [9.17, 15) is 4.79 Å². The zero-order valence-electron chi connectivity index (χ0n) is 9.88. The molecule has 0 amide bonds. The maximum atomic E-state index is 10.8. The maximum absolute atomic E-state index is 10.8. The third-order valence-corrected chi connectivity index (χ3v) is 2.58. The molecule has 1 unspecified atom stereocenters. The van der Waals surface area contributed by atoms with Crippen LogP contribution in [0.3, 0.4) is 0 Å². The van der Waals surface area contributed by atoms with Crippen LogP contribution in [0.4, 0.5) is 0 Å². The summed E-state index contributed by atoms with van der Waals surface area (Å²) in [5.41, 5.74) is 0. The Bertz CT molecular complexity index is 159. The van der Waals surface area contributed by atoms with Gasteiger partial charge in [-0.3, -0.25) is 4.79 Å². The molecule has 0 aliphatic carbocycles. The van der Waals surface area contributed by atoms with Crippen molar-refractivity contribution < 1.29 is 9.53 Å². The first-order valence-electron chi connectivity index (χ1n) is 5.38. The van der Waals surface area contributed by atoms with Gasteiger partial charge in [-0.15, -0.1) is 0 Å². The number of ether oxygens (including phenoxy) is 1. The molecule has 0 aliphatic rings. The second-order valence-corrected chi connectivity index (χ2v) is 3.80. The second kappa shape index (κ2) is 7.80. The van der Waals surface area contributed by atoms with Crippen LogP contribution < -0.4 is 0 Å². The Morgan fingerprint density at radius 3 is 2.64 bits per heavy atom. The zero-order valence-corrected chi connectivity index (χ0v) is 9.88. The molecule has 0 N–H and O–H groups in total. The number of esters is 1. The van der Waals surface area contributed by atoms with E-state index in [2.05, 4.69) is 30.5 Å². The molecule has 0 aliphatic heterocycles. The molecule has 0 bridgehead atoms.